The van der Waals surface area contributed by atoms with Gasteiger partial charge in [-0.25, -0.2) is 15.0 Å². The molecule has 0 spiro atoms. The SMILES string of the molecule is Cc1cccc2sc(Nc3ncnc(Nc4cc(C(F)(F)F)ccc4Cl)c3[N+](=O)[O-])nc12. The number of rotatable bonds is 5. The lowest BCUT2D eigenvalue weighted by molar-refractivity contribution is -0.383. The topological polar surface area (TPSA) is 106 Å². The van der Waals surface area contributed by atoms with E-state index in [-0.39, 0.29) is 22.3 Å². The number of thiazole rings is 1. The van der Waals surface area contributed by atoms with Crippen molar-refractivity contribution in [3.63, 3.8) is 0 Å². The fourth-order valence-corrected chi connectivity index (χ4v) is 4.01. The van der Waals surface area contributed by atoms with Gasteiger partial charge in [-0.05, 0) is 36.8 Å². The number of nitrogens with one attached hydrogen (secondary N) is 2. The lowest BCUT2D eigenvalue weighted by Gasteiger charge is -2.13. The van der Waals surface area contributed by atoms with E-state index in [1.807, 2.05) is 25.1 Å². The van der Waals surface area contributed by atoms with E-state index in [1.165, 1.54) is 11.3 Å². The van der Waals surface area contributed by atoms with Crippen molar-refractivity contribution in [2.75, 3.05) is 10.6 Å². The monoisotopic (exact) mass is 480 g/mol. The molecular weight excluding hydrogens is 469 g/mol. The van der Waals surface area contributed by atoms with Crippen LogP contribution in [0.15, 0.2) is 42.7 Å². The summed E-state index contributed by atoms with van der Waals surface area (Å²) in [5.41, 5.74) is -0.0533. The molecule has 32 heavy (non-hydrogen) atoms. The van der Waals surface area contributed by atoms with Gasteiger partial charge in [-0.15, -0.1) is 0 Å². The summed E-state index contributed by atoms with van der Waals surface area (Å²) >= 11 is 7.26. The molecule has 0 aliphatic carbocycles. The Balaban J connectivity index is 1.73. The third-order valence-corrected chi connectivity index (χ3v) is 5.66. The second-order valence-electron chi connectivity index (χ2n) is 6.56. The molecule has 2 aromatic heterocycles. The van der Waals surface area contributed by atoms with Crippen molar-refractivity contribution in [1.82, 2.24) is 15.0 Å². The Hall–Kier alpha value is -3.51. The predicted octanol–water partition coefficient (Wildman–Crippen LogP) is 6.46. The number of nitrogens with zero attached hydrogens (tertiary/aromatic N) is 4. The number of nitro groups is 1. The summed E-state index contributed by atoms with van der Waals surface area (Å²) in [6.07, 6.45) is -3.58. The molecular formula is C19H12ClF3N6O2S. The first-order chi connectivity index (χ1) is 15.1. The molecule has 2 aromatic carbocycles. The molecule has 0 unspecified atom stereocenters. The van der Waals surface area contributed by atoms with Gasteiger partial charge in [0.15, 0.2) is 5.13 Å². The number of anilines is 4. The zero-order chi connectivity index (χ0) is 23.0. The van der Waals surface area contributed by atoms with Crippen LogP contribution >= 0.6 is 22.9 Å². The highest BCUT2D eigenvalue weighted by molar-refractivity contribution is 7.22. The Morgan fingerprint density at radius 1 is 1.12 bits per heavy atom. The molecule has 4 aromatic rings. The first kappa shape index (κ1) is 21.7. The van der Waals surface area contributed by atoms with Crippen molar-refractivity contribution < 1.29 is 18.1 Å². The van der Waals surface area contributed by atoms with Crippen molar-refractivity contribution >= 4 is 61.3 Å². The molecule has 0 fully saturated rings. The maximum absolute atomic E-state index is 13.0. The molecule has 0 radical (unpaired) electrons. The van der Waals surface area contributed by atoms with Crippen LogP contribution in [-0.4, -0.2) is 19.9 Å². The molecule has 0 aliphatic heterocycles. The molecule has 0 atom stereocenters. The highest BCUT2D eigenvalue weighted by atomic mass is 35.5. The van der Waals surface area contributed by atoms with Crippen molar-refractivity contribution in [3.8, 4) is 0 Å². The number of alkyl halides is 3. The Labute approximate surface area is 187 Å². The van der Waals surface area contributed by atoms with Crippen LogP contribution < -0.4 is 10.6 Å². The van der Waals surface area contributed by atoms with Gasteiger partial charge in [0.25, 0.3) is 0 Å². The minimum Gasteiger partial charge on any atom is -0.333 e. The van der Waals surface area contributed by atoms with E-state index in [0.717, 1.165) is 40.3 Å². The number of hydrogen-bond donors (Lipinski definition) is 2. The number of aromatic nitrogens is 3. The van der Waals surface area contributed by atoms with Crippen LogP contribution in [0.2, 0.25) is 5.02 Å². The molecule has 0 aliphatic rings. The maximum atomic E-state index is 13.0. The van der Waals surface area contributed by atoms with E-state index in [1.54, 1.807) is 0 Å². The van der Waals surface area contributed by atoms with Gasteiger partial charge >= 0.3 is 11.9 Å². The molecule has 0 bridgehead atoms. The van der Waals surface area contributed by atoms with Crippen LogP contribution in [0.25, 0.3) is 10.2 Å². The van der Waals surface area contributed by atoms with Crippen LogP contribution in [0.4, 0.5) is 41.3 Å². The summed E-state index contributed by atoms with van der Waals surface area (Å²) in [5.74, 6) is -0.502. The van der Waals surface area contributed by atoms with Crippen molar-refractivity contribution in [2.45, 2.75) is 13.1 Å². The lowest BCUT2D eigenvalue weighted by Crippen LogP contribution is -2.08. The maximum Gasteiger partial charge on any atom is 0.416 e. The average Bonchev–Trinajstić information content (AvgIpc) is 3.12. The fourth-order valence-electron chi connectivity index (χ4n) is 2.90. The molecule has 164 valence electrons. The predicted molar refractivity (Wildman–Crippen MR) is 116 cm³/mol. The third kappa shape index (κ3) is 4.27. The number of aryl methyl sites for hydroxylation is 1. The quantitative estimate of drug-likeness (QED) is 0.249. The van der Waals surface area contributed by atoms with Gasteiger partial charge in [0.05, 0.1) is 31.4 Å². The molecule has 0 saturated heterocycles. The molecule has 8 nitrogen and oxygen atoms in total. The van der Waals surface area contributed by atoms with Gasteiger partial charge in [0.1, 0.15) is 6.33 Å². The normalized spacial score (nSPS) is 11.5. The van der Waals surface area contributed by atoms with Gasteiger partial charge in [-0.2, -0.15) is 13.2 Å². The minimum absolute atomic E-state index is 0.0675. The molecule has 2 N–H and O–H groups in total. The van der Waals surface area contributed by atoms with Crippen molar-refractivity contribution in [3.05, 3.63) is 69.0 Å². The summed E-state index contributed by atoms with van der Waals surface area (Å²) in [4.78, 5) is 23.2. The highest BCUT2D eigenvalue weighted by Crippen LogP contribution is 2.38. The van der Waals surface area contributed by atoms with Gasteiger partial charge in [0, 0.05) is 0 Å². The Kier molecular flexibility index (Phi) is 5.57. The van der Waals surface area contributed by atoms with Gasteiger partial charge < -0.3 is 10.6 Å². The van der Waals surface area contributed by atoms with Crippen LogP contribution in [0, 0.1) is 17.0 Å². The number of hydrogen-bond acceptors (Lipinski definition) is 8. The Bertz CT molecular complexity index is 1340. The van der Waals surface area contributed by atoms with Crippen molar-refractivity contribution in [1.29, 1.82) is 0 Å². The second-order valence-corrected chi connectivity index (χ2v) is 8.00. The van der Waals surface area contributed by atoms with E-state index in [0.29, 0.717) is 5.13 Å². The van der Waals surface area contributed by atoms with Crippen LogP contribution in [-0.2, 0) is 6.18 Å². The van der Waals surface area contributed by atoms with Crippen LogP contribution in [0.1, 0.15) is 11.1 Å². The average molecular weight is 481 g/mol. The number of fused-ring (bicyclic) bond motifs is 1. The fraction of sp³-hybridized carbons (Fsp3) is 0.105. The summed E-state index contributed by atoms with van der Waals surface area (Å²) in [5, 5.41) is 17.4. The number of halogens is 4. The van der Waals surface area contributed by atoms with Crippen molar-refractivity contribution in [2.24, 2.45) is 0 Å². The van der Waals surface area contributed by atoms with E-state index >= 15 is 0 Å². The summed E-state index contributed by atoms with van der Waals surface area (Å²) < 4.78 is 40.0. The largest absolute Gasteiger partial charge is 0.416 e. The highest BCUT2D eigenvalue weighted by Gasteiger charge is 2.31. The van der Waals surface area contributed by atoms with E-state index in [9.17, 15) is 23.3 Å². The van der Waals surface area contributed by atoms with Crippen LogP contribution in [0.5, 0.6) is 0 Å². The van der Waals surface area contributed by atoms with E-state index in [2.05, 4.69) is 25.6 Å². The van der Waals surface area contributed by atoms with Gasteiger partial charge in [0.2, 0.25) is 11.6 Å². The third-order valence-electron chi connectivity index (χ3n) is 4.40. The van der Waals surface area contributed by atoms with Gasteiger partial charge in [-0.1, -0.05) is 35.1 Å². The minimum atomic E-state index is -4.61. The first-order valence-electron chi connectivity index (χ1n) is 8.90. The standard InChI is InChI=1S/C19H12ClF3N6O2S/c1-9-3-2-4-13-14(9)27-18(32-13)28-17-15(29(30)31)16(24-8-25-17)26-12-7-10(19(21,22)23)5-6-11(12)20/h2-8H,1H3,(H2,24,25,26,27,28). The Morgan fingerprint density at radius 3 is 2.50 bits per heavy atom. The smallest absolute Gasteiger partial charge is 0.333 e. The summed E-state index contributed by atoms with van der Waals surface area (Å²) in [6, 6.07) is 8.22. The van der Waals surface area contributed by atoms with E-state index in [4.69, 9.17) is 11.6 Å². The second kappa shape index (κ2) is 8.20. The zero-order valence-electron chi connectivity index (χ0n) is 16.1. The molecule has 13 heteroatoms. The molecule has 0 amide bonds. The number of para-hydroxylation sites is 1. The number of benzene rings is 2. The van der Waals surface area contributed by atoms with Gasteiger partial charge in [-0.3, -0.25) is 10.1 Å². The lowest BCUT2D eigenvalue weighted by atomic mass is 10.2. The molecule has 4 rings (SSSR count). The summed E-state index contributed by atoms with van der Waals surface area (Å²) in [6.45, 7) is 1.89. The molecule has 2 heterocycles. The van der Waals surface area contributed by atoms with Crippen LogP contribution in [0.3, 0.4) is 0 Å². The van der Waals surface area contributed by atoms with E-state index < -0.39 is 22.4 Å². The Morgan fingerprint density at radius 2 is 1.84 bits per heavy atom. The summed E-state index contributed by atoms with van der Waals surface area (Å²) in [7, 11) is 0. The molecule has 0 saturated carbocycles. The first-order valence-corrected chi connectivity index (χ1v) is 10.1. The zero-order valence-corrected chi connectivity index (χ0v) is 17.6.